The number of oxazole rings is 1. The van der Waals surface area contributed by atoms with Crippen LogP contribution in [0, 0.1) is 0 Å². The molecule has 0 aliphatic rings. The van der Waals surface area contributed by atoms with Crippen molar-refractivity contribution >= 4 is 13.8 Å². The highest BCUT2D eigenvalue weighted by Crippen LogP contribution is 2.24. The van der Waals surface area contributed by atoms with Gasteiger partial charge < -0.3 is 13.9 Å². The fourth-order valence-corrected chi connectivity index (χ4v) is 1.70. The number of hydrogen-bond donors (Lipinski definition) is 0. The standard InChI is InChI=1S/C14H14BNO4/c1-3-19-14(17)12-11(8-15)16-13(20-12)9-4-6-10(18-2)7-5-9/h4-7H,3,8H2,1-2H3. The number of hydrogen-bond acceptors (Lipinski definition) is 5. The lowest BCUT2D eigenvalue weighted by molar-refractivity contribution is 0.0489. The molecular formula is C14H14BNO4. The molecule has 0 spiro atoms. The average molecular weight is 271 g/mol. The van der Waals surface area contributed by atoms with Crippen LogP contribution >= 0.6 is 0 Å². The van der Waals surface area contributed by atoms with Gasteiger partial charge in [0, 0.05) is 5.56 Å². The zero-order chi connectivity index (χ0) is 14.5. The van der Waals surface area contributed by atoms with Crippen molar-refractivity contribution in [2.45, 2.75) is 13.2 Å². The van der Waals surface area contributed by atoms with Crippen LogP contribution in [0.3, 0.4) is 0 Å². The Hall–Kier alpha value is -2.24. The smallest absolute Gasteiger partial charge is 0.376 e. The molecule has 0 fully saturated rings. The monoisotopic (exact) mass is 271 g/mol. The molecule has 0 unspecified atom stereocenters. The first-order chi connectivity index (χ1) is 9.69. The number of rotatable bonds is 5. The number of nitrogens with zero attached hydrogens (tertiary/aromatic N) is 1. The molecular weight excluding hydrogens is 257 g/mol. The second-order valence-corrected chi connectivity index (χ2v) is 3.95. The molecule has 0 amide bonds. The van der Waals surface area contributed by atoms with E-state index in [1.165, 1.54) is 0 Å². The molecule has 20 heavy (non-hydrogen) atoms. The van der Waals surface area contributed by atoms with Gasteiger partial charge in [-0.25, -0.2) is 9.78 Å². The first kappa shape index (κ1) is 14.2. The third-order valence-corrected chi connectivity index (χ3v) is 2.69. The third-order valence-electron chi connectivity index (χ3n) is 2.69. The maximum atomic E-state index is 11.7. The van der Waals surface area contributed by atoms with E-state index in [0.717, 1.165) is 11.3 Å². The molecule has 2 rings (SSSR count). The third kappa shape index (κ3) is 2.84. The lowest BCUT2D eigenvalue weighted by Crippen LogP contribution is -2.06. The van der Waals surface area contributed by atoms with Crippen LogP contribution in [-0.4, -0.2) is 32.5 Å². The van der Waals surface area contributed by atoms with E-state index in [1.807, 2.05) is 0 Å². The van der Waals surface area contributed by atoms with Gasteiger partial charge in [0.25, 0.3) is 0 Å². The van der Waals surface area contributed by atoms with Crippen LogP contribution in [0.5, 0.6) is 5.75 Å². The first-order valence-electron chi connectivity index (χ1n) is 6.21. The fourth-order valence-electron chi connectivity index (χ4n) is 1.70. The Bertz CT molecular complexity index is 592. The van der Waals surface area contributed by atoms with Crippen molar-refractivity contribution in [3.63, 3.8) is 0 Å². The Balaban J connectivity index is 2.34. The molecule has 2 aromatic rings. The van der Waals surface area contributed by atoms with Crippen LogP contribution in [0.1, 0.15) is 23.2 Å². The molecule has 1 heterocycles. The molecule has 0 N–H and O–H groups in total. The molecule has 6 heteroatoms. The second kappa shape index (κ2) is 6.28. The molecule has 0 saturated heterocycles. The summed E-state index contributed by atoms with van der Waals surface area (Å²) in [5.74, 6) is 0.557. The Morgan fingerprint density at radius 3 is 2.60 bits per heavy atom. The van der Waals surface area contributed by atoms with Crippen LogP contribution in [0.25, 0.3) is 11.5 Å². The van der Waals surface area contributed by atoms with E-state index >= 15 is 0 Å². The second-order valence-electron chi connectivity index (χ2n) is 3.95. The van der Waals surface area contributed by atoms with E-state index in [2.05, 4.69) is 4.98 Å². The summed E-state index contributed by atoms with van der Waals surface area (Å²) in [5.41, 5.74) is 1.12. The van der Waals surface area contributed by atoms with Crippen LogP contribution < -0.4 is 4.74 Å². The first-order valence-corrected chi connectivity index (χ1v) is 6.21. The zero-order valence-corrected chi connectivity index (χ0v) is 11.4. The van der Waals surface area contributed by atoms with Crippen molar-refractivity contribution in [1.82, 2.24) is 4.98 Å². The molecule has 5 nitrogen and oxygen atoms in total. The van der Waals surface area contributed by atoms with Crippen molar-refractivity contribution in [3.05, 3.63) is 35.7 Å². The predicted molar refractivity (Wildman–Crippen MR) is 73.9 cm³/mol. The van der Waals surface area contributed by atoms with Crippen LogP contribution in [0.2, 0.25) is 0 Å². The quantitative estimate of drug-likeness (QED) is 0.616. The van der Waals surface area contributed by atoms with E-state index in [-0.39, 0.29) is 18.7 Å². The molecule has 102 valence electrons. The summed E-state index contributed by atoms with van der Waals surface area (Å²) in [7, 11) is 7.16. The minimum atomic E-state index is -0.555. The van der Waals surface area contributed by atoms with Gasteiger partial charge in [0.1, 0.15) is 5.75 Å². The van der Waals surface area contributed by atoms with Gasteiger partial charge in [0.15, 0.2) is 0 Å². The van der Waals surface area contributed by atoms with E-state index in [9.17, 15) is 4.79 Å². The minimum Gasteiger partial charge on any atom is -0.497 e. The number of aromatic nitrogens is 1. The molecule has 0 aliphatic heterocycles. The highest BCUT2D eigenvalue weighted by Gasteiger charge is 2.20. The number of esters is 1. The minimum absolute atomic E-state index is 0.0557. The van der Waals surface area contributed by atoms with Crippen LogP contribution in [0.4, 0.5) is 0 Å². The summed E-state index contributed by atoms with van der Waals surface area (Å²) < 4.78 is 15.5. The van der Waals surface area contributed by atoms with E-state index < -0.39 is 5.97 Å². The largest absolute Gasteiger partial charge is 0.497 e. The maximum Gasteiger partial charge on any atom is 0.376 e. The van der Waals surface area contributed by atoms with Crippen molar-refractivity contribution in [2.75, 3.05) is 13.7 Å². The van der Waals surface area contributed by atoms with Gasteiger partial charge in [-0.2, -0.15) is 0 Å². The topological polar surface area (TPSA) is 61.6 Å². The van der Waals surface area contributed by atoms with Crippen LogP contribution in [-0.2, 0) is 11.1 Å². The fraction of sp³-hybridized carbons (Fsp3) is 0.286. The molecule has 0 bridgehead atoms. The zero-order valence-electron chi connectivity index (χ0n) is 11.4. The number of ether oxygens (including phenoxy) is 2. The molecule has 0 atom stereocenters. The van der Waals surface area contributed by atoms with Gasteiger partial charge in [-0.05, 0) is 37.5 Å². The average Bonchev–Trinajstić information content (AvgIpc) is 2.92. The highest BCUT2D eigenvalue weighted by atomic mass is 16.5. The van der Waals surface area contributed by atoms with Gasteiger partial charge in [-0.3, -0.25) is 0 Å². The van der Waals surface area contributed by atoms with Gasteiger partial charge >= 0.3 is 5.97 Å². The van der Waals surface area contributed by atoms with Gasteiger partial charge in [-0.1, -0.05) is 0 Å². The highest BCUT2D eigenvalue weighted by molar-refractivity contribution is 6.09. The Kier molecular flexibility index (Phi) is 4.45. The van der Waals surface area contributed by atoms with E-state index in [4.69, 9.17) is 21.7 Å². The summed E-state index contributed by atoms with van der Waals surface area (Å²) in [6, 6.07) is 7.15. The maximum absolute atomic E-state index is 11.7. The summed E-state index contributed by atoms with van der Waals surface area (Å²) >= 11 is 0. The summed E-state index contributed by atoms with van der Waals surface area (Å²) in [5, 5.41) is 0. The summed E-state index contributed by atoms with van der Waals surface area (Å²) in [4.78, 5) is 16.0. The lowest BCUT2D eigenvalue weighted by Gasteiger charge is -2.00. The van der Waals surface area contributed by atoms with Crippen molar-refractivity contribution in [3.8, 4) is 17.2 Å². The number of methoxy groups -OCH3 is 1. The lowest BCUT2D eigenvalue weighted by atomic mass is 10.0. The summed E-state index contributed by atoms with van der Waals surface area (Å²) in [6.07, 6.45) is 0.105. The van der Waals surface area contributed by atoms with Crippen molar-refractivity contribution in [1.29, 1.82) is 0 Å². The number of carbonyl (C=O) groups is 1. The predicted octanol–water partition coefficient (Wildman–Crippen LogP) is 2.20. The molecule has 0 saturated carbocycles. The molecule has 1 aromatic heterocycles. The Morgan fingerprint density at radius 2 is 2.05 bits per heavy atom. The van der Waals surface area contributed by atoms with Gasteiger partial charge in [0.05, 0.1) is 27.3 Å². The van der Waals surface area contributed by atoms with Gasteiger partial charge in [-0.15, -0.1) is 0 Å². The summed E-state index contributed by atoms with van der Waals surface area (Å²) in [6.45, 7) is 1.99. The molecule has 1 aromatic carbocycles. The number of carbonyl (C=O) groups excluding carboxylic acids is 1. The SMILES string of the molecule is [B]Cc1nc(-c2ccc(OC)cc2)oc1C(=O)OCC. The van der Waals surface area contributed by atoms with Crippen molar-refractivity contribution < 1.29 is 18.7 Å². The molecule has 0 aliphatic carbocycles. The van der Waals surface area contributed by atoms with E-state index in [1.54, 1.807) is 38.3 Å². The Morgan fingerprint density at radius 1 is 1.35 bits per heavy atom. The van der Waals surface area contributed by atoms with E-state index in [0.29, 0.717) is 11.6 Å². The van der Waals surface area contributed by atoms with Gasteiger partial charge in [0.2, 0.25) is 11.7 Å². The normalized spacial score (nSPS) is 10.3. The molecule has 2 radical (unpaired) electrons. The Labute approximate surface area is 118 Å². The van der Waals surface area contributed by atoms with Crippen molar-refractivity contribution in [2.24, 2.45) is 0 Å². The van der Waals surface area contributed by atoms with Crippen LogP contribution in [0.15, 0.2) is 28.7 Å². The number of benzene rings is 1.